The maximum absolute atomic E-state index is 11.1. The van der Waals surface area contributed by atoms with E-state index in [2.05, 4.69) is 22.6 Å². The molecular weight excluding hydrogens is 305 g/mol. The Labute approximate surface area is 102 Å². The smallest absolute Gasteiger partial charge is 0.332 e. The molecule has 1 aromatic rings. The number of esters is 1. The molecule has 0 aromatic heterocycles. The average molecular weight is 317 g/mol. The molecular formula is C11H12INO2. The van der Waals surface area contributed by atoms with Gasteiger partial charge in [-0.1, -0.05) is 12.1 Å². The molecule has 0 aliphatic rings. The number of rotatable bonds is 3. The SMILES string of the molecule is CCOC(=O)/C=C(/N)c1ccc(I)cc1. The molecule has 0 atom stereocenters. The van der Waals surface area contributed by atoms with Crippen molar-refractivity contribution in [2.24, 2.45) is 5.73 Å². The molecule has 0 fully saturated rings. The summed E-state index contributed by atoms with van der Waals surface area (Å²) in [5.74, 6) is -0.409. The molecule has 0 aliphatic carbocycles. The summed E-state index contributed by atoms with van der Waals surface area (Å²) in [6.07, 6.45) is 1.30. The van der Waals surface area contributed by atoms with Crippen LogP contribution in [0, 0.1) is 3.57 Å². The van der Waals surface area contributed by atoms with Gasteiger partial charge in [0, 0.05) is 15.3 Å². The van der Waals surface area contributed by atoms with E-state index in [4.69, 9.17) is 10.5 Å². The van der Waals surface area contributed by atoms with E-state index in [-0.39, 0.29) is 0 Å². The molecule has 1 rings (SSSR count). The summed E-state index contributed by atoms with van der Waals surface area (Å²) in [5, 5.41) is 0. The first-order chi connectivity index (χ1) is 7.13. The third kappa shape index (κ3) is 3.91. The fourth-order valence-electron chi connectivity index (χ4n) is 1.04. The molecule has 0 heterocycles. The zero-order valence-electron chi connectivity index (χ0n) is 8.37. The molecule has 0 radical (unpaired) electrons. The quantitative estimate of drug-likeness (QED) is 0.528. The average Bonchev–Trinajstić information content (AvgIpc) is 2.18. The van der Waals surface area contributed by atoms with Crippen LogP contribution in [0.1, 0.15) is 12.5 Å². The number of carbonyl (C=O) groups excluding carboxylic acids is 1. The van der Waals surface area contributed by atoms with Crippen molar-refractivity contribution in [2.75, 3.05) is 6.61 Å². The van der Waals surface area contributed by atoms with Gasteiger partial charge in [0.2, 0.25) is 0 Å². The minimum absolute atomic E-state index is 0.356. The number of hydrogen-bond donors (Lipinski definition) is 1. The van der Waals surface area contributed by atoms with Gasteiger partial charge in [-0.05, 0) is 47.2 Å². The van der Waals surface area contributed by atoms with Crippen molar-refractivity contribution in [2.45, 2.75) is 6.92 Å². The number of benzene rings is 1. The van der Waals surface area contributed by atoms with E-state index in [1.54, 1.807) is 6.92 Å². The van der Waals surface area contributed by atoms with Crippen LogP contribution < -0.4 is 5.73 Å². The number of hydrogen-bond acceptors (Lipinski definition) is 3. The van der Waals surface area contributed by atoms with E-state index in [1.165, 1.54) is 6.08 Å². The summed E-state index contributed by atoms with van der Waals surface area (Å²) in [4.78, 5) is 11.1. The van der Waals surface area contributed by atoms with E-state index in [9.17, 15) is 4.79 Å². The van der Waals surface area contributed by atoms with Gasteiger partial charge in [-0.2, -0.15) is 0 Å². The van der Waals surface area contributed by atoms with Crippen LogP contribution in [0.5, 0.6) is 0 Å². The Kier molecular flexibility index (Phi) is 4.61. The summed E-state index contributed by atoms with van der Waals surface area (Å²) in [6, 6.07) is 7.60. The molecule has 4 heteroatoms. The molecule has 0 amide bonds. The lowest BCUT2D eigenvalue weighted by Gasteiger charge is -2.02. The molecule has 1 aromatic carbocycles. The topological polar surface area (TPSA) is 52.3 Å². The molecule has 0 spiro atoms. The third-order valence-corrected chi connectivity index (χ3v) is 2.46. The molecule has 0 saturated carbocycles. The monoisotopic (exact) mass is 317 g/mol. The highest BCUT2D eigenvalue weighted by atomic mass is 127. The number of nitrogens with two attached hydrogens (primary N) is 1. The minimum Gasteiger partial charge on any atom is -0.463 e. The molecule has 80 valence electrons. The summed E-state index contributed by atoms with van der Waals surface area (Å²) in [6.45, 7) is 2.11. The van der Waals surface area contributed by atoms with Crippen molar-refractivity contribution < 1.29 is 9.53 Å². The first kappa shape index (κ1) is 12.0. The Balaban J connectivity index is 2.79. The lowest BCUT2D eigenvalue weighted by molar-refractivity contribution is -0.137. The van der Waals surface area contributed by atoms with Crippen LogP contribution in [0.2, 0.25) is 0 Å². The third-order valence-electron chi connectivity index (χ3n) is 1.74. The predicted octanol–water partition coefficient (Wildman–Crippen LogP) is 2.15. The number of ether oxygens (including phenoxy) is 1. The Bertz CT molecular complexity index is 371. The van der Waals surface area contributed by atoms with Crippen molar-refractivity contribution in [3.8, 4) is 0 Å². The summed E-state index contributed by atoms with van der Waals surface area (Å²) in [5.41, 5.74) is 6.98. The van der Waals surface area contributed by atoms with Gasteiger partial charge in [0.15, 0.2) is 0 Å². The lowest BCUT2D eigenvalue weighted by atomic mass is 10.1. The summed E-state index contributed by atoms with van der Waals surface area (Å²) < 4.78 is 5.89. The van der Waals surface area contributed by atoms with Crippen LogP contribution in [-0.4, -0.2) is 12.6 Å². The second kappa shape index (κ2) is 5.75. The van der Waals surface area contributed by atoms with Gasteiger partial charge in [-0.15, -0.1) is 0 Å². The van der Waals surface area contributed by atoms with Crippen LogP contribution in [0.3, 0.4) is 0 Å². The Hall–Kier alpha value is -1.04. The van der Waals surface area contributed by atoms with Crippen molar-refractivity contribution in [3.05, 3.63) is 39.5 Å². The zero-order chi connectivity index (χ0) is 11.3. The second-order valence-corrected chi connectivity index (χ2v) is 4.10. The van der Waals surface area contributed by atoms with Gasteiger partial charge >= 0.3 is 5.97 Å². The van der Waals surface area contributed by atoms with E-state index in [1.807, 2.05) is 24.3 Å². The van der Waals surface area contributed by atoms with Gasteiger partial charge in [-0.3, -0.25) is 0 Å². The molecule has 0 unspecified atom stereocenters. The van der Waals surface area contributed by atoms with Crippen LogP contribution in [0.15, 0.2) is 30.3 Å². The first-order valence-corrected chi connectivity index (χ1v) is 5.61. The fraction of sp³-hybridized carbons (Fsp3) is 0.182. The van der Waals surface area contributed by atoms with E-state index >= 15 is 0 Å². The van der Waals surface area contributed by atoms with E-state index in [0.29, 0.717) is 12.3 Å². The first-order valence-electron chi connectivity index (χ1n) is 4.53. The normalized spacial score (nSPS) is 11.2. The van der Waals surface area contributed by atoms with Crippen LogP contribution in [0.25, 0.3) is 5.70 Å². The maximum Gasteiger partial charge on any atom is 0.332 e. The molecule has 15 heavy (non-hydrogen) atoms. The van der Waals surface area contributed by atoms with Gasteiger partial charge in [0.25, 0.3) is 0 Å². The van der Waals surface area contributed by atoms with Crippen LogP contribution in [-0.2, 0) is 9.53 Å². The van der Waals surface area contributed by atoms with Gasteiger partial charge < -0.3 is 10.5 Å². The Morgan fingerprint density at radius 3 is 2.60 bits per heavy atom. The van der Waals surface area contributed by atoms with Crippen molar-refractivity contribution in [1.82, 2.24) is 0 Å². The number of carbonyl (C=O) groups is 1. The zero-order valence-corrected chi connectivity index (χ0v) is 10.5. The van der Waals surface area contributed by atoms with Gasteiger partial charge in [0.1, 0.15) is 0 Å². The highest BCUT2D eigenvalue weighted by Gasteiger charge is 2.01. The lowest BCUT2D eigenvalue weighted by Crippen LogP contribution is -2.05. The van der Waals surface area contributed by atoms with Crippen LogP contribution in [0.4, 0.5) is 0 Å². The summed E-state index contributed by atoms with van der Waals surface area (Å²) >= 11 is 2.21. The highest BCUT2D eigenvalue weighted by molar-refractivity contribution is 14.1. The maximum atomic E-state index is 11.1. The predicted molar refractivity (Wildman–Crippen MR) is 68.0 cm³/mol. The second-order valence-electron chi connectivity index (χ2n) is 2.86. The van der Waals surface area contributed by atoms with E-state index < -0.39 is 5.97 Å². The molecule has 0 aliphatic heterocycles. The number of halogens is 1. The standard InChI is InChI=1S/C11H12INO2/c1-2-15-11(14)7-10(13)8-3-5-9(12)6-4-8/h3-7H,2,13H2,1H3/b10-7+. The fourth-order valence-corrected chi connectivity index (χ4v) is 1.40. The van der Waals surface area contributed by atoms with Crippen molar-refractivity contribution >= 4 is 34.3 Å². The molecule has 0 bridgehead atoms. The van der Waals surface area contributed by atoms with Crippen LogP contribution >= 0.6 is 22.6 Å². The van der Waals surface area contributed by atoms with Crippen molar-refractivity contribution in [1.29, 1.82) is 0 Å². The van der Waals surface area contributed by atoms with Gasteiger partial charge in [-0.25, -0.2) is 4.79 Å². The Morgan fingerprint density at radius 1 is 1.47 bits per heavy atom. The molecule has 2 N–H and O–H groups in total. The molecule has 3 nitrogen and oxygen atoms in total. The van der Waals surface area contributed by atoms with E-state index in [0.717, 1.165) is 9.13 Å². The van der Waals surface area contributed by atoms with Gasteiger partial charge in [0.05, 0.1) is 6.61 Å². The minimum atomic E-state index is -0.409. The largest absolute Gasteiger partial charge is 0.463 e. The molecule has 0 saturated heterocycles. The summed E-state index contributed by atoms with van der Waals surface area (Å²) in [7, 11) is 0. The highest BCUT2D eigenvalue weighted by Crippen LogP contribution is 2.11. The Morgan fingerprint density at radius 2 is 2.07 bits per heavy atom. The van der Waals surface area contributed by atoms with Crippen molar-refractivity contribution in [3.63, 3.8) is 0 Å².